The van der Waals surface area contributed by atoms with Crippen molar-refractivity contribution in [2.45, 2.75) is 24.7 Å². The van der Waals surface area contributed by atoms with Crippen LogP contribution in [0.2, 0.25) is 0 Å². The molecule has 1 N–H and O–H groups in total. The Morgan fingerprint density at radius 2 is 1.89 bits per heavy atom. The molecule has 1 aliphatic rings. The summed E-state index contributed by atoms with van der Waals surface area (Å²) in [7, 11) is 0. The van der Waals surface area contributed by atoms with Crippen LogP contribution in [0.4, 0.5) is 4.39 Å². The lowest BCUT2D eigenvalue weighted by molar-refractivity contribution is -0.120. The Bertz CT molecular complexity index is 824. The fraction of sp³-hybridized carbons (Fsp3) is 0.300. The summed E-state index contributed by atoms with van der Waals surface area (Å²) in [5.74, 6) is 1.58. The van der Waals surface area contributed by atoms with E-state index >= 15 is 0 Å². The lowest BCUT2D eigenvalue weighted by Crippen LogP contribution is -2.19. The molecule has 5 nitrogen and oxygen atoms in total. The van der Waals surface area contributed by atoms with Gasteiger partial charge in [0.2, 0.25) is 5.91 Å². The van der Waals surface area contributed by atoms with Crippen LogP contribution in [-0.2, 0) is 4.79 Å². The lowest BCUT2D eigenvalue weighted by Gasteiger charge is -2.09. The van der Waals surface area contributed by atoms with E-state index in [9.17, 15) is 9.18 Å². The third kappa shape index (κ3) is 5.72. The van der Waals surface area contributed by atoms with Gasteiger partial charge in [0.1, 0.15) is 5.82 Å². The first-order chi connectivity index (χ1) is 13.1. The molecule has 0 saturated carbocycles. The summed E-state index contributed by atoms with van der Waals surface area (Å²) in [6, 6.07) is 11.8. The molecule has 0 bridgehead atoms. The molecule has 0 spiro atoms. The summed E-state index contributed by atoms with van der Waals surface area (Å²) in [5, 5.41) is 4.17. The predicted molar refractivity (Wildman–Crippen MR) is 104 cm³/mol. The molecule has 3 rings (SSSR count). The van der Waals surface area contributed by atoms with Crippen LogP contribution in [-0.4, -0.2) is 30.6 Å². The van der Waals surface area contributed by atoms with E-state index < -0.39 is 0 Å². The molecule has 0 unspecified atom stereocenters. The van der Waals surface area contributed by atoms with Crippen molar-refractivity contribution in [2.75, 3.05) is 19.0 Å². The van der Waals surface area contributed by atoms with Crippen molar-refractivity contribution in [1.29, 1.82) is 0 Å². The van der Waals surface area contributed by atoms with E-state index in [1.165, 1.54) is 23.9 Å². The molecule has 2 aromatic carbocycles. The van der Waals surface area contributed by atoms with Gasteiger partial charge >= 0.3 is 0 Å². The number of fused-ring (bicyclic) bond motifs is 1. The highest BCUT2D eigenvalue weighted by atomic mass is 32.2. The molecule has 0 aliphatic carbocycles. The molecular weight excluding hydrogens is 367 g/mol. The fourth-order valence-electron chi connectivity index (χ4n) is 2.45. The van der Waals surface area contributed by atoms with Crippen LogP contribution in [0.15, 0.2) is 52.5 Å². The van der Waals surface area contributed by atoms with Crippen molar-refractivity contribution in [3.05, 3.63) is 53.8 Å². The molecule has 0 atom stereocenters. The van der Waals surface area contributed by atoms with Gasteiger partial charge in [0.15, 0.2) is 11.5 Å². The van der Waals surface area contributed by atoms with Gasteiger partial charge < -0.3 is 9.47 Å². The number of carbonyl (C=O) groups excluding carboxylic acids is 1. The first kappa shape index (κ1) is 19.2. The zero-order valence-corrected chi connectivity index (χ0v) is 15.9. The minimum Gasteiger partial charge on any atom is -0.490 e. The largest absolute Gasteiger partial charge is 0.490 e. The summed E-state index contributed by atoms with van der Waals surface area (Å²) in [6.45, 7) is 3.09. The molecule has 142 valence electrons. The van der Waals surface area contributed by atoms with E-state index in [1.54, 1.807) is 12.1 Å². The summed E-state index contributed by atoms with van der Waals surface area (Å²) in [4.78, 5) is 12.9. The molecule has 1 aliphatic heterocycles. The smallest absolute Gasteiger partial charge is 0.240 e. The van der Waals surface area contributed by atoms with E-state index in [-0.39, 0.29) is 11.7 Å². The number of rotatable bonds is 6. The summed E-state index contributed by atoms with van der Waals surface area (Å²) >= 11 is 1.50. The number of benzene rings is 2. The zero-order valence-electron chi connectivity index (χ0n) is 15.0. The molecule has 0 radical (unpaired) electrons. The molecule has 1 heterocycles. The second-order valence-corrected chi connectivity index (χ2v) is 7.16. The van der Waals surface area contributed by atoms with Crippen LogP contribution in [0.3, 0.4) is 0 Å². The quantitative estimate of drug-likeness (QED) is 0.461. The molecule has 2 aromatic rings. The molecular formula is C20H21FN2O3S. The number of hydrogen-bond acceptors (Lipinski definition) is 5. The number of amides is 1. The van der Waals surface area contributed by atoms with E-state index in [1.807, 2.05) is 25.1 Å². The normalized spacial score (nSPS) is 13.8. The molecule has 0 fully saturated rings. The second-order valence-electron chi connectivity index (χ2n) is 6.00. The topological polar surface area (TPSA) is 59.9 Å². The Kier molecular flexibility index (Phi) is 6.70. The molecule has 0 saturated heterocycles. The van der Waals surface area contributed by atoms with E-state index in [0.717, 1.165) is 22.6 Å². The fourth-order valence-corrected chi connectivity index (χ4v) is 3.30. The Morgan fingerprint density at radius 1 is 1.15 bits per heavy atom. The van der Waals surface area contributed by atoms with Crippen LogP contribution >= 0.6 is 11.8 Å². The second kappa shape index (κ2) is 9.41. The van der Waals surface area contributed by atoms with Gasteiger partial charge in [0, 0.05) is 29.1 Å². The third-order valence-electron chi connectivity index (χ3n) is 3.93. The highest BCUT2D eigenvalue weighted by Gasteiger charge is 2.12. The van der Waals surface area contributed by atoms with Crippen molar-refractivity contribution in [3.63, 3.8) is 0 Å². The molecule has 27 heavy (non-hydrogen) atoms. The van der Waals surface area contributed by atoms with Gasteiger partial charge in [0.25, 0.3) is 0 Å². The van der Waals surface area contributed by atoms with Crippen molar-refractivity contribution >= 4 is 23.4 Å². The van der Waals surface area contributed by atoms with Gasteiger partial charge in [-0.15, -0.1) is 11.8 Å². The van der Waals surface area contributed by atoms with Gasteiger partial charge in [-0.1, -0.05) is 0 Å². The van der Waals surface area contributed by atoms with Crippen LogP contribution in [0.1, 0.15) is 25.3 Å². The summed E-state index contributed by atoms with van der Waals surface area (Å²) < 4.78 is 24.1. The Hall–Kier alpha value is -2.54. The van der Waals surface area contributed by atoms with Crippen LogP contribution < -0.4 is 14.9 Å². The molecule has 0 aromatic heterocycles. The number of carbonyl (C=O) groups is 1. The van der Waals surface area contributed by atoms with Crippen LogP contribution in [0.25, 0.3) is 0 Å². The number of ether oxygens (including phenoxy) is 2. The monoisotopic (exact) mass is 388 g/mol. The number of nitrogens with zero attached hydrogens (tertiary/aromatic N) is 1. The Labute approximate surface area is 161 Å². The summed E-state index contributed by atoms with van der Waals surface area (Å²) in [5.41, 5.74) is 4.12. The Morgan fingerprint density at radius 3 is 2.67 bits per heavy atom. The summed E-state index contributed by atoms with van der Waals surface area (Å²) in [6.07, 6.45) is 1.17. The SMILES string of the molecule is C/C(=N\NC(=O)CCSc1ccc(F)cc1)c1ccc2c(c1)OCCCO2. The van der Waals surface area contributed by atoms with Crippen LogP contribution in [0, 0.1) is 5.82 Å². The lowest BCUT2D eigenvalue weighted by atomic mass is 10.1. The number of halogens is 1. The zero-order chi connectivity index (χ0) is 19.1. The third-order valence-corrected chi connectivity index (χ3v) is 4.94. The molecule has 1 amide bonds. The van der Waals surface area contributed by atoms with Crippen molar-refractivity contribution < 1.29 is 18.7 Å². The van der Waals surface area contributed by atoms with Gasteiger partial charge in [-0.25, -0.2) is 9.82 Å². The van der Waals surface area contributed by atoms with Gasteiger partial charge in [-0.2, -0.15) is 5.10 Å². The highest BCUT2D eigenvalue weighted by molar-refractivity contribution is 7.99. The number of thioether (sulfide) groups is 1. The standard InChI is InChI=1S/C20H21FN2O3S/c1-14(15-3-8-18-19(13-15)26-11-2-10-25-18)22-23-20(24)9-12-27-17-6-4-16(21)5-7-17/h3-8,13H,2,9-12H2,1H3,(H,23,24)/b22-14+. The number of hydrazone groups is 1. The average Bonchev–Trinajstić information content (AvgIpc) is 2.92. The minimum absolute atomic E-state index is 0.168. The van der Waals surface area contributed by atoms with Gasteiger partial charge in [-0.05, 0) is 49.4 Å². The maximum absolute atomic E-state index is 12.9. The van der Waals surface area contributed by atoms with E-state index in [2.05, 4.69) is 10.5 Å². The number of nitrogens with one attached hydrogen (secondary N) is 1. The van der Waals surface area contributed by atoms with E-state index in [0.29, 0.717) is 36.8 Å². The maximum Gasteiger partial charge on any atom is 0.240 e. The highest BCUT2D eigenvalue weighted by Crippen LogP contribution is 2.30. The van der Waals surface area contributed by atoms with Crippen LogP contribution in [0.5, 0.6) is 11.5 Å². The predicted octanol–water partition coefficient (Wildman–Crippen LogP) is 4.01. The average molecular weight is 388 g/mol. The van der Waals surface area contributed by atoms with Crippen molar-refractivity contribution in [1.82, 2.24) is 5.43 Å². The van der Waals surface area contributed by atoms with Gasteiger partial charge in [-0.3, -0.25) is 4.79 Å². The number of hydrogen-bond donors (Lipinski definition) is 1. The van der Waals surface area contributed by atoms with Gasteiger partial charge in [0.05, 0.1) is 18.9 Å². The Balaban J connectivity index is 1.50. The van der Waals surface area contributed by atoms with Crippen molar-refractivity contribution in [3.8, 4) is 11.5 Å². The first-order valence-corrected chi connectivity index (χ1v) is 9.72. The van der Waals surface area contributed by atoms with E-state index in [4.69, 9.17) is 9.47 Å². The first-order valence-electron chi connectivity index (χ1n) is 8.73. The maximum atomic E-state index is 12.9. The minimum atomic E-state index is -0.267. The molecule has 7 heteroatoms. The van der Waals surface area contributed by atoms with Crippen molar-refractivity contribution in [2.24, 2.45) is 5.10 Å².